The van der Waals surface area contributed by atoms with E-state index >= 15 is 0 Å². The molecule has 2 heterocycles. The number of carboxylic acid groups (broad SMARTS) is 1. The molecule has 6 nitrogen and oxygen atoms in total. The van der Waals surface area contributed by atoms with Crippen LogP contribution in [0.25, 0.3) is 0 Å². The second-order valence-electron chi connectivity index (χ2n) is 4.79. The third kappa shape index (κ3) is 3.10. The van der Waals surface area contributed by atoms with Crippen molar-refractivity contribution < 1.29 is 19.8 Å². The molecule has 1 aliphatic rings. The van der Waals surface area contributed by atoms with E-state index in [0.717, 1.165) is 6.42 Å². The molecule has 1 aromatic heterocycles. The molecule has 20 heavy (non-hydrogen) atoms. The van der Waals surface area contributed by atoms with Crippen LogP contribution in [0.4, 0.5) is 4.79 Å². The summed E-state index contributed by atoms with van der Waals surface area (Å²) >= 11 is 1.71. The van der Waals surface area contributed by atoms with Gasteiger partial charge in [-0.25, -0.2) is 9.59 Å². The Labute approximate surface area is 121 Å². The van der Waals surface area contributed by atoms with E-state index in [0.29, 0.717) is 6.54 Å². The van der Waals surface area contributed by atoms with Crippen molar-refractivity contribution in [2.45, 2.75) is 31.9 Å². The van der Waals surface area contributed by atoms with E-state index in [2.05, 4.69) is 5.32 Å². The first-order valence-corrected chi connectivity index (χ1v) is 7.40. The minimum atomic E-state index is -1.43. The highest BCUT2D eigenvalue weighted by atomic mass is 32.1. The molecule has 1 aromatic rings. The summed E-state index contributed by atoms with van der Waals surface area (Å²) in [6.45, 7) is 2.78. The molecule has 0 fully saturated rings. The van der Waals surface area contributed by atoms with E-state index < -0.39 is 12.1 Å². The summed E-state index contributed by atoms with van der Waals surface area (Å²) in [6.07, 6.45) is -0.576. The van der Waals surface area contributed by atoms with Gasteiger partial charge < -0.3 is 20.4 Å². The SMILES string of the molecule is CC1c2ccsc2CCN1C(=O)NCC[C@H](O)C(=O)O. The summed E-state index contributed by atoms with van der Waals surface area (Å²) in [5, 5.41) is 22.4. The van der Waals surface area contributed by atoms with Crippen LogP contribution < -0.4 is 5.32 Å². The fraction of sp³-hybridized carbons (Fsp3) is 0.538. The largest absolute Gasteiger partial charge is 0.479 e. The molecule has 2 rings (SSSR count). The van der Waals surface area contributed by atoms with E-state index in [1.54, 1.807) is 16.2 Å². The molecular weight excluding hydrogens is 280 g/mol. The summed E-state index contributed by atoms with van der Waals surface area (Å²) < 4.78 is 0. The molecule has 3 N–H and O–H groups in total. The second kappa shape index (κ2) is 6.23. The lowest BCUT2D eigenvalue weighted by Gasteiger charge is -2.33. The van der Waals surface area contributed by atoms with Crippen molar-refractivity contribution >= 4 is 23.3 Å². The van der Waals surface area contributed by atoms with Gasteiger partial charge >= 0.3 is 12.0 Å². The van der Waals surface area contributed by atoms with Gasteiger partial charge in [0.25, 0.3) is 0 Å². The highest BCUT2D eigenvalue weighted by Crippen LogP contribution is 2.32. The summed E-state index contributed by atoms with van der Waals surface area (Å²) in [5.74, 6) is -1.27. The number of aliphatic hydroxyl groups is 1. The van der Waals surface area contributed by atoms with E-state index in [1.807, 2.05) is 18.4 Å². The average Bonchev–Trinajstić information content (AvgIpc) is 2.87. The fourth-order valence-electron chi connectivity index (χ4n) is 2.33. The van der Waals surface area contributed by atoms with E-state index in [1.165, 1.54) is 10.4 Å². The van der Waals surface area contributed by atoms with Crippen LogP contribution in [0.15, 0.2) is 11.4 Å². The van der Waals surface area contributed by atoms with Crippen LogP contribution in [0.3, 0.4) is 0 Å². The van der Waals surface area contributed by atoms with Gasteiger partial charge in [-0.1, -0.05) is 0 Å². The Morgan fingerprint density at radius 3 is 3.05 bits per heavy atom. The number of rotatable bonds is 4. The lowest BCUT2D eigenvalue weighted by Crippen LogP contribution is -2.45. The van der Waals surface area contributed by atoms with Crippen molar-refractivity contribution in [2.24, 2.45) is 0 Å². The van der Waals surface area contributed by atoms with Crippen molar-refractivity contribution in [3.05, 3.63) is 21.9 Å². The molecule has 0 saturated carbocycles. The Bertz CT molecular complexity index is 502. The van der Waals surface area contributed by atoms with Crippen LogP contribution in [0.1, 0.15) is 29.8 Å². The Morgan fingerprint density at radius 2 is 2.35 bits per heavy atom. The van der Waals surface area contributed by atoms with Gasteiger partial charge in [-0.3, -0.25) is 0 Å². The van der Waals surface area contributed by atoms with E-state index in [-0.39, 0.29) is 25.0 Å². The predicted molar refractivity (Wildman–Crippen MR) is 74.8 cm³/mol. The molecule has 2 amide bonds. The van der Waals surface area contributed by atoms with E-state index in [9.17, 15) is 9.59 Å². The van der Waals surface area contributed by atoms with Gasteiger partial charge in [0, 0.05) is 24.4 Å². The molecule has 1 aliphatic heterocycles. The third-order valence-electron chi connectivity index (χ3n) is 3.52. The molecular formula is C13H18N2O4S. The number of thiophene rings is 1. The number of fused-ring (bicyclic) bond motifs is 1. The topological polar surface area (TPSA) is 89.9 Å². The smallest absolute Gasteiger partial charge is 0.332 e. The first-order chi connectivity index (χ1) is 9.50. The number of nitrogens with zero attached hydrogens (tertiary/aromatic N) is 1. The van der Waals surface area contributed by atoms with E-state index in [4.69, 9.17) is 10.2 Å². The molecule has 110 valence electrons. The van der Waals surface area contributed by atoms with Gasteiger partial charge in [-0.05, 0) is 30.4 Å². The van der Waals surface area contributed by atoms with Gasteiger partial charge in [0.05, 0.1) is 6.04 Å². The van der Waals surface area contributed by atoms with Crippen LogP contribution in [0, 0.1) is 0 Å². The number of carboxylic acids is 1. The zero-order chi connectivity index (χ0) is 14.7. The molecule has 0 aromatic carbocycles. The minimum Gasteiger partial charge on any atom is -0.479 e. The number of carbonyl (C=O) groups is 2. The Hall–Kier alpha value is -1.60. The van der Waals surface area contributed by atoms with Gasteiger partial charge in [0.15, 0.2) is 6.10 Å². The summed E-state index contributed by atoms with van der Waals surface area (Å²) in [4.78, 5) is 25.6. The number of amides is 2. The Morgan fingerprint density at radius 1 is 1.60 bits per heavy atom. The van der Waals surface area contributed by atoms with Crippen molar-refractivity contribution in [1.82, 2.24) is 10.2 Å². The predicted octanol–water partition coefficient (Wildman–Crippen LogP) is 1.21. The summed E-state index contributed by atoms with van der Waals surface area (Å²) in [6, 6.07) is 1.85. The number of carbonyl (C=O) groups excluding carboxylic acids is 1. The zero-order valence-corrected chi connectivity index (χ0v) is 12.0. The van der Waals surface area contributed by atoms with Gasteiger partial charge in [-0.15, -0.1) is 11.3 Å². The van der Waals surface area contributed by atoms with Crippen LogP contribution in [0.2, 0.25) is 0 Å². The number of nitrogens with one attached hydrogen (secondary N) is 1. The molecule has 0 saturated heterocycles. The monoisotopic (exact) mass is 298 g/mol. The lowest BCUT2D eigenvalue weighted by atomic mass is 10.0. The standard InChI is InChI=1S/C13H18N2O4S/c1-8-9-4-7-20-11(9)3-6-15(8)13(19)14-5-2-10(16)12(17)18/h4,7-8,10,16H,2-3,5-6H2,1H3,(H,14,19)(H,17,18)/t8?,10-/m0/s1. The van der Waals surface area contributed by atoms with Crippen molar-refractivity contribution in [3.8, 4) is 0 Å². The van der Waals surface area contributed by atoms with Crippen molar-refractivity contribution in [3.63, 3.8) is 0 Å². The lowest BCUT2D eigenvalue weighted by molar-refractivity contribution is -0.146. The number of aliphatic hydroxyl groups excluding tert-OH is 1. The van der Waals surface area contributed by atoms with Crippen molar-refractivity contribution in [2.75, 3.05) is 13.1 Å². The maximum absolute atomic E-state index is 12.1. The number of hydrogen-bond acceptors (Lipinski definition) is 4. The molecule has 0 radical (unpaired) electrons. The van der Waals surface area contributed by atoms with Gasteiger partial charge in [0.1, 0.15) is 0 Å². The second-order valence-corrected chi connectivity index (χ2v) is 5.79. The van der Waals surface area contributed by atoms with Crippen LogP contribution in [-0.2, 0) is 11.2 Å². The highest BCUT2D eigenvalue weighted by molar-refractivity contribution is 7.10. The molecule has 0 bridgehead atoms. The summed E-state index contributed by atoms with van der Waals surface area (Å²) in [7, 11) is 0. The van der Waals surface area contributed by atoms with Crippen LogP contribution >= 0.6 is 11.3 Å². The van der Waals surface area contributed by atoms with Crippen LogP contribution in [0.5, 0.6) is 0 Å². The van der Waals surface area contributed by atoms with Crippen LogP contribution in [-0.4, -0.2) is 46.3 Å². The number of urea groups is 1. The maximum Gasteiger partial charge on any atom is 0.332 e. The number of hydrogen-bond donors (Lipinski definition) is 3. The zero-order valence-electron chi connectivity index (χ0n) is 11.2. The summed E-state index contributed by atoms with van der Waals surface area (Å²) in [5.41, 5.74) is 1.18. The minimum absolute atomic E-state index is 0.00694. The number of aliphatic carboxylic acids is 1. The van der Waals surface area contributed by atoms with Gasteiger partial charge in [-0.2, -0.15) is 0 Å². The molecule has 7 heteroatoms. The first kappa shape index (κ1) is 14.8. The first-order valence-electron chi connectivity index (χ1n) is 6.52. The third-order valence-corrected chi connectivity index (χ3v) is 4.51. The molecule has 0 aliphatic carbocycles. The maximum atomic E-state index is 12.1. The van der Waals surface area contributed by atoms with Gasteiger partial charge in [0.2, 0.25) is 0 Å². The quantitative estimate of drug-likeness (QED) is 0.779. The normalized spacial score (nSPS) is 19.3. The Kier molecular flexibility index (Phi) is 4.61. The fourth-order valence-corrected chi connectivity index (χ4v) is 3.29. The molecule has 0 spiro atoms. The molecule has 1 unspecified atom stereocenters. The van der Waals surface area contributed by atoms with Crippen molar-refractivity contribution in [1.29, 1.82) is 0 Å². The Balaban J connectivity index is 1.86. The highest BCUT2D eigenvalue weighted by Gasteiger charge is 2.28. The molecule has 2 atom stereocenters. The average molecular weight is 298 g/mol.